The Morgan fingerprint density at radius 1 is 1.60 bits per heavy atom. The van der Waals surface area contributed by atoms with E-state index in [9.17, 15) is 4.79 Å². The quantitative estimate of drug-likeness (QED) is 0.608. The lowest BCUT2D eigenvalue weighted by molar-refractivity contribution is -0.133. The molecule has 0 spiro atoms. The van der Waals surface area contributed by atoms with Crippen LogP contribution in [0.25, 0.3) is 0 Å². The van der Waals surface area contributed by atoms with Gasteiger partial charge in [0.2, 0.25) is 0 Å². The van der Waals surface area contributed by atoms with E-state index < -0.39 is 18.1 Å². The van der Waals surface area contributed by atoms with Gasteiger partial charge < -0.3 is 9.22 Å². The molecule has 1 unspecified atom stereocenters. The molecule has 0 rings (SSSR count). The summed E-state index contributed by atoms with van der Waals surface area (Å²) in [5, 5.41) is 0. The Balaban J connectivity index is 3.43. The average Bonchev–Trinajstić information content (AvgIpc) is 1.58. The molecule has 0 aromatic rings. The van der Waals surface area contributed by atoms with E-state index in [4.69, 9.17) is 4.80 Å². The van der Waals surface area contributed by atoms with Crippen LogP contribution in [0, 0.1) is 0 Å². The van der Waals surface area contributed by atoms with Gasteiger partial charge in [-0.15, -0.1) is 0 Å². The van der Waals surface area contributed by atoms with Gasteiger partial charge in [0.05, 0.1) is 0 Å². The number of rotatable bonds is 3. The third kappa shape index (κ3) is 5.99. The van der Waals surface area contributed by atoms with Crippen molar-refractivity contribution in [2.45, 2.75) is 25.7 Å². The lowest BCUT2D eigenvalue weighted by Gasteiger charge is -2.08. The molecule has 60 valence electrons. The highest BCUT2D eigenvalue weighted by Gasteiger charge is 2.13. The van der Waals surface area contributed by atoms with Crippen LogP contribution in [0.4, 0.5) is 0 Å². The maximum atomic E-state index is 10.3. The molecule has 0 saturated carbocycles. The van der Waals surface area contributed by atoms with Crippen LogP contribution in [0.3, 0.4) is 0 Å². The third-order valence-corrected chi connectivity index (χ3v) is 6.96. The van der Waals surface area contributed by atoms with Crippen LogP contribution in [0.15, 0.2) is 0 Å². The Hall–Kier alpha value is -0.136. The molecule has 0 saturated heterocycles. The van der Waals surface area contributed by atoms with Crippen molar-refractivity contribution >= 4 is 24.0 Å². The molecule has 0 aliphatic heterocycles. The van der Waals surface area contributed by atoms with Crippen LogP contribution in [-0.4, -0.2) is 28.8 Å². The number of carbonyl (C=O) groups excluding carboxylic acids is 1. The first kappa shape index (κ1) is 9.86. The monoisotopic (exact) mass is 178 g/mol. The molecule has 0 aliphatic rings. The second-order valence-corrected chi connectivity index (χ2v) is 8.51. The fraction of sp³-hybridized carbons (Fsp3) is 0.800. The minimum Gasteiger partial charge on any atom is -0.497 e. The second-order valence-electron chi connectivity index (χ2n) is 2.69. The maximum Gasteiger partial charge on any atom is 0.379 e. The highest BCUT2D eigenvalue weighted by molar-refractivity contribution is 6.70. The molecule has 0 aromatic heterocycles. The fourth-order valence-electron chi connectivity index (χ4n) is 0.643. The van der Waals surface area contributed by atoms with E-state index in [-0.39, 0.29) is 5.97 Å². The van der Waals surface area contributed by atoms with E-state index >= 15 is 0 Å². The summed E-state index contributed by atoms with van der Waals surface area (Å²) in [5.41, 5.74) is 0.777. The van der Waals surface area contributed by atoms with E-state index in [1.165, 1.54) is 6.92 Å². The zero-order valence-electron chi connectivity index (χ0n) is 6.63. The van der Waals surface area contributed by atoms with E-state index in [0.29, 0.717) is 0 Å². The van der Waals surface area contributed by atoms with Gasteiger partial charge in [0.15, 0.2) is 0 Å². The predicted molar refractivity (Wildman–Crippen MR) is 44.8 cm³/mol. The van der Waals surface area contributed by atoms with Gasteiger partial charge in [-0.3, -0.25) is 4.79 Å². The molecule has 10 heavy (non-hydrogen) atoms. The highest BCUT2D eigenvalue weighted by Crippen LogP contribution is 1.96. The lowest BCUT2D eigenvalue weighted by atomic mass is 10.9. The van der Waals surface area contributed by atoms with Crippen molar-refractivity contribution in [3.05, 3.63) is 0 Å². The molecule has 1 N–H and O–H groups in total. The molecule has 1 atom stereocenters. The first-order valence-corrected chi connectivity index (χ1v) is 8.30. The predicted octanol–water partition coefficient (Wildman–Crippen LogP) is -0.212. The Morgan fingerprint density at radius 2 is 2.10 bits per heavy atom. The Morgan fingerprint density at radius 3 is 2.40 bits per heavy atom. The van der Waals surface area contributed by atoms with Crippen LogP contribution < -0.4 is 0 Å². The molecule has 0 aliphatic carbocycles. The highest BCUT2D eigenvalue weighted by atomic mass is 28.4. The van der Waals surface area contributed by atoms with Gasteiger partial charge in [-0.1, -0.05) is 13.1 Å². The largest absolute Gasteiger partial charge is 0.497 e. The molecule has 0 amide bonds. The van der Waals surface area contributed by atoms with E-state index in [1.807, 2.05) is 0 Å². The Bertz CT molecular complexity index is 115. The van der Waals surface area contributed by atoms with Gasteiger partial charge in [-0.25, -0.2) is 0 Å². The SMILES string of the molecule is CC(=O)O[SiH](O)C[SiH](C)C. The minimum atomic E-state index is -2.11. The summed E-state index contributed by atoms with van der Waals surface area (Å²) in [6, 6.07) is 0. The van der Waals surface area contributed by atoms with Crippen molar-refractivity contribution in [2.24, 2.45) is 0 Å². The average molecular weight is 178 g/mol. The van der Waals surface area contributed by atoms with Crippen molar-refractivity contribution in [3.8, 4) is 0 Å². The van der Waals surface area contributed by atoms with Crippen molar-refractivity contribution in [1.29, 1.82) is 0 Å². The number of carbonyl (C=O) groups is 1. The van der Waals surface area contributed by atoms with Crippen LogP contribution in [-0.2, 0) is 9.22 Å². The number of hydrogen-bond donors (Lipinski definition) is 1. The normalized spacial score (nSPS) is 13.3. The standard InChI is InChI=1S/C5H14O3Si2/c1-5(6)8-10(7)4-9(2)3/h7,9-10H,4H2,1-3H3. The van der Waals surface area contributed by atoms with E-state index in [2.05, 4.69) is 17.5 Å². The van der Waals surface area contributed by atoms with Crippen LogP contribution >= 0.6 is 0 Å². The molecule has 5 heteroatoms. The van der Waals surface area contributed by atoms with Crippen molar-refractivity contribution in [1.82, 2.24) is 0 Å². The molecule has 0 aromatic carbocycles. The van der Waals surface area contributed by atoms with Crippen LogP contribution in [0.1, 0.15) is 6.92 Å². The van der Waals surface area contributed by atoms with E-state index in [1.54, 1.807) is 0 Å². The molecule has 0 bridgehead atoms. The maximum absolute atomic E-state index is 10.3. The summed E-state index contributed by atoms with van der Waals surface area (Å²) in [4.78, 5) is 19.4. The van der Waals surface area contributed by atoms with E-state index in [0.717, 1.165) is 5.67 Å². The number of hydrogen-bond acceptors (Lipinski definition) is 3. The summed E-state index contributed by atoms with van der Waals surface area (Å²) < 4.78 is 4.65. The van der Waals surface area contributed by atoms with Crippen molar-refractivity contribution in [3.63, 3.8) is 0 Å². The minimum absolute atomic E-state index is 0.353. The summed E-state index contributed by atoms with van der Waals surface area (Å²) in [6.07, 6.45) is 0. The van der Waals surface area contributed by atoms with Gasteiger partial charge in [-0.2, -0.15) is 0 Å². The van der Waals surface area contributed by atoms with Crippen molar-refractivity contribution in [2.75, 3.05) is 0 Å². The summed E-state index contributed by atoms with van der Waals surface area (Å²) >= 11 is 0. The van der Waals surface area contributed by atoms with Crippen LogP contribution in [0.5, 0.6) is 0 Å². The lowest BCUT2D eigenvalue weighted by Crippen LogP contribution is -2.25. The zero-order valence-corrected chi connectivity index (χ0v) is 8.93. The molecule has 3 nitrogen and oxygen atoms in total. The zero-order chi connectivity index (χ0) is 8.15. The molecule has 0 heterocycles. The summed E-state index contributed by atoms with van der Waals surface area (Å²) in [6.45, 7) is 5.58. The molecular weight excluding hydrogens is 164 g/mol. The topological polar surface area (TPSA) is 46.5 Å². The first-order chi connectivity index (χ1) is 4.52. The van der Waals surface area contributed by atoms with Crippen LogP contribution in [0.2, 0.25) is 18.8 Å². The smallest absolute Gasteiger partial charge is 0.379 e. The first-order valence-electron chi connectivity index (χ1n) is 3.37. The van der Waals surface area contributed by atoms with Gasteiger partial charge in [0.1, 0.15) is 0 Å². The van der Waals surface area contributed by atoms with Gasteiger partial charge in [0, 0.05) is 15.7 Å². The fourth-order valence-corrected chi connectivity index (χ4v) is 4.64. The van der Waals surface area contributed by atoms with Crippen molar-refractivity contribution < 1.29 is 14.0 Å². The summed E-state index contributed by atoms with van der Waals surface area (Å²) in [5.74, 6) is -0.353. The Labute approximate surface area is 64.5 Å². The third-order valence-electron chi connectivity index (χ3n) is 0.975. The molecular formula is C5H14O3Si2. The molecule has 0 radical (unpaired) electrons. The van der Waals surface area contributed by atoms with Gasteiger partial charge in [0.25, 0.3) is 5.97 Å². The second kappa shape index (κ2) is 4.64. The molecule has 0 fully saturated rings. The van der Waals surface area contributed by atoms with Gasteiger partial charge in [-0.05, 0) is 5.67 Å². The summed E-state index contributed by atoms with van der Waals surface area (Å²) in [7, 11) is -2.86. The van der Waals surface area contributed by atoms with Gasteiger partial charge >= 0.3 is 9.28 Å². The Kier molecular flexibility index (Phi) is 4.58.